The summed E-state index contributed by atoms with van der Waals surface area (Å²) in [6.45, 7) is 7.56. The van der Waals surface area contributed by atoms with E-state index in [1.807, 2.05) is 13.0 Å². The van der Waals surface area contributed by atoms with Crippen LogP contribution in [0.3, 0.4) is 0 Å². The molecule has 0 aliphatic carbocycles. The van der Waals surface area contributed by atoms with Gasteiger partial charge in [-0.05, 0) is 37.5 Å². The molecule has 0 aliphatic heterocycles. The van der Waals surface area contributed by atoms with Gasteiger partial charge >= 0.3 is 0 Å². The van der Waals surface area contributed by atoms with Crippen LogP contribution in [0.4, 0.5) is 4.39 Å². The Morgan fingerprint density at radius 2 is 2.09 bits per heavy atom. The zero-order chi connectivity index (χ0) is 16.8. The maximum absolute atomic E-state index is 14.2. The largest absolute Gasteiger partial charge is 0.488 e. The molecule has 0 N–H and O–H groups in total. The second-order valence-electron chi connectivity index (χ2n) is 5.53. The van der Waals surface area contributed by atoms with E-state index in [0.717, 1.165) is 22.6 Å². The number of hydrogen-bond acceptors (Lipinski definition) is 4. The van der Waals surface area contributed by atoms with Crippen LogP contribution in [-0.2, 0) is 11.2 Å². The zero-order valence-electron chi connectivity index (χ0n) is 13.6. The fraction of sp³-hybridized carbons (Fsp3) is 0.471. The molecule has 3 nitrogen and oxygen atoms in total. The van der Waals surface area contributed by atoms with Gasteiger partial charge in [-0.2, -0.15) is 0 Å². The average Bonchev–Trinajstić information content (AvgIpc) is 2.84. The molecule has 23 heavy (non-hydrogen) atoms. The van der Waals surface area contributed by atoms with Crippen LogP contribution in [0.1, 0.15) is 25.6 Å². The molecule has 0 amide bonds. The van der Waals surface area contributed by atoms with E-state index >= 15 is 0 Å². The summed E-state index contributed by atoms with van der Waals surface area (Å²) >= 11 is 7.49. The van der Waals surface area contributed by atoms with Crippen molar-refractivity contribution in [1.29, 1.82) is 0 Å². The van der Waals surface area contributed by atoms with Crippen LogP contribution in [0, 0.1) is 11.7 Å². The van der Waals surface area contributed by atoms with Crippen LogP contribution >= 0.6 is 22.9 Å². The van der Waals surface area contributed by atoms with Crippen molar-refractivity contribution in [2.24, 2.45) is 5.92 Å². The number of benzene rings is 1. The number of hydrogen-bond donors (Lipinski definition) is 0. The highest BCUT2D eigenvalue weighted by atomic mass is 35.5. The molecule has 2 aromatic rings. The van der Waals surface area contributed by atoms with Crippen LogP contribution in [-0.4, -0.2) is 24.8 Å². The van der Waals surface area contributed by atoms with Gasteiger partial charge in [0.25, 0.3) is 0 Å². The summed E-state index contributed by atoms with van der Waals surface area (Å²) in [7, 11) is 0. The standard InChI is InChI=1S/C17H21ClFNO2S/c1-4-21-7-8-22-14-6-5-12(10-13(14)19)16-15(9-11(2)3)23-17(18)20-16/h5-6,10-11H,4,7-9H2,1-3H3. The molecular weight excluding hydrogens is 337 g/mol. The van der Waals surface area contributed by atoms with Gasteiger partial charge < -0.3 is 9.47 Å². The van der Waals surface area contributed by atoms with Gasteiger partial charge in [0.15, 0.2) is 16.0 Å². The quantitative estimate of drug-likeness (QED) is 0.607. The molecule has 0 fully saturated rings. The predicted octanol–water partition coefficient (Wildman–Crippen LogP) is 5.22. The van der Waals surface area contributed by atoms with Gasteiger partial charge in [0, 0.05) is 17.0 Å². The molecule has 1 aromatic carbocycles. The molecule has 1 aromatic heterocycles. The minimum absolute atomic E-state index is 0.222. The molecule has 2 rings (SSSR count). The van der Waals surface area contributed by atoms with Crippen molar-refractivity contribution < 1.29 is 13.9 Å². The number of ether oxygens (including phenoxy) is 2. The molecule has 1 heterocycles. The normalized spacial score (nSPS) is 11.2. The Morgan fingerprint density at radius 1 is 1.30 bits per heavy atom. The molecular formula is C17H21ClFNO2S. The first-order valence-electron chi connectivity index (χ1n) is 7.67. The highest BCUT2D eigenvalue weighted by molar-refractivity contribution is 7.16. The summed E-state index contributed by atoms with van der Waals surface area (Å²) in [5.41, 5.74) is 1.48. The first-order chi connectivity index (χ1) is 11.0. The first-order valence-corrected chi connectivity index (χ1v) is 8.86. The predicted molar refractivity (Wildman–Crippen MR) is 93.0 cm³/mol. The maximum Gasteiger partial charge on any atom is 0.184 e. The van der Waals surface area contributed by atoms with Crippen molar-refractivity contribution in [3.05, 3.63) is 33.4 Å². The van der Waals surface area contributed by atoms with Crippen molar-refractivity contribution in [1.82, 2.24) is 4.98 Å². The Balaban J connectivity index is 2.17. The second kappa shape index (κ2) is 8.62. The van der Waals surface area contributed by atoms with E-state index in [0.29, 0.717) is 30.2 Å². The van der Waals surface area contributed by atoms with Crippen LogP contribution in [0.2, 0.25) is 4.47 Å². The third-order valence-electron chi connectivity index (χ3n) is 3.16. The summed E-state index contributed by atoms with van der Waals surface area (Å²) in [6, 6.07) is 4.89. The lowest BCUT2D eigenvalue weighted by Crippen LogP contribution is -2.07. The lowest BCUT2D eigenvalue weighted by molar-refractivity contribution is 0.108. The number of thiazole rings is 1. The third-order valence-corrected chi connectivity index (χ3v) is 4.34. The third kappa shape index (κ3) is 5.16. The molecule has 0 bridgehead atoms. The van der Waals surface area contributed by atoms with Gasteiger partial charge in [0.1, 0.15) is 6.61 Å². The average molecular weight is 358 g/mol. The monoisotopic (exact) mass is 357 g/mol. The van der Waals surface area contributed by atoms with Crippen LogP contribution in [0.15, 0.2) is 18.2 Å². The molecule has 0 spiro atoms. The summed E-state index contributed by atoms with van der Waals surface area (Å²) in [6.07, 6.45) is 0.869. The Hall–Kier alpha value is -1.17. The SMILES string of the molecule is CCOCCOc1ccc(-c2nc(Cl)sc2CC(C)C)cc1F. The van der Waals surface area contributed by atoms with Crippen LogP contribution in [0.5, 0.6) is 5.75 Å². The van der Waals surface area contributed by atoms with Crippen LogP contribution in [0.25, 0.3) is 11.3 Å². The molecule has 0 aliphatic rings. The summed E-state index contributed by atoms with van der Waals surface area (Å²) < 4.78 is 25.3. The number of halogens is 2. The van der Waals surface area contributed by atoms with E-state index in [-0.39, 0.29) is 5.75 Å². The van der Waals surface area contributed by atoms with Crippen molar-refractivity contribution in [3.8, 4) is 17.0 Å². The Morgan fingerprint density at radius 3 is 2.74 bits per heavy atom. The van der Waals surface area contributed by atoms with Gasteiger partial charge in [0.05, 0.1) is 12.3 Å². The molecule has 0 atom stereocenters. The number of aromatic nitrogens is 1. The smallest absolute Gasteiger partial charge is 0.184 e. The molecule has 0 radical (unpaired) electrons. The van der Waals surface area contributed by atoms with Gasteiger partial charge in [-0.25, -0.2) is 9.37 Å². The lowest BCUT2D eigenvalue weighted by Gasteiger charge is -2.09. The maximum atomic E-state index is 14.2. The fourth-order valence-electron chi connectivity index (χ4n) is 2.18. The topological polar surface area (TPSA) is 31.4 Å². The van der Waals surface area contributed by atoms with E-state index < -0.39 is 5.82 Å². The highest BCUT2D eigenvalue weighted by Crippen LogP contribution is 2.34. The lowest BCUT2D eigenvalue weighted by atomic mass is 10.0. The van der Waals surface area contributed by atoms with Gasteiger partial charge in [0.2, 0.25) is 0 Å². The van der Waals surface area contributed by atoms with E-state index in [4.69, 9.17) is 21.1 Å². The molecule has 0 saturated carbocycles. The fourth-order valence-corrected chi connectivity index (χ4v) is 3.56. The number of rotatable bonds is 8. The molecule has 6 heteroatoms. The van der Waals surface area contributed by atoms with E-state index in [1.165, 1.54) is 17.4 Å². The van der Waals surface area contributed by atoms with Crippen molar-refractivity contribution >= 4 is 22.9 Å². The minimum atomic E-state index is -0.404. The second-order valence-corrected chi connectivity index (χ2v) is 7.19. The van der Waals surface area contributed by atoms with Gasteiger partial charge in [-0.3, -0.25) is 0 Å². The van der Waals surface area contributed by atoms with E-state index in [2.05, 4.69) is 18.8 Å². The first kappa shape index (κ1) is 18.2. The van der Waals surface area contributed by atoms with E-state index in [1.54, 1.807) is 6.07 Å². The Bertz CT molecular complexity index is 646. The van der Waals surface area contributed by atoms with Crippen molar-refractivity contribution in [3.63, 3.8) is 0 Å². The zero-order valence-corrected chi connectivity index (χ0v) is 15.1. The molecule has 0 saturated heterocycles. The Kier molecular flexibility index (Phi) is 6.81. The van der Waals surface area contributed by atoms with Gasteiger partial charge in [-0.15, -0.1) is 11.3 Å². The highest BCUT2D eigenvalue weighted by Gasteiger charge is 2.15. The summed E-state index contributed by atoms with van der Waals surface area (Å²) in [4.78, 5) is 5.43. The van der Waals surface area contributed by atoms with Crippen molar-refractivity contribution in [2.45, 2.75) is 27.2 Å². The summed E-state index contributed by atoms with van der Waals surface area (Å²) in [5.74, 6) is 0.301. The molecule has 126 valence electrons. The van der Waals surface area contributed by atoms with E-state index in [9.17, 15) is 4.39 Å². The van der Waals surface area contributed by atoms with Crippen LogP contribution < -0.4 is 4.74 Å². The molecule has 0 unspecified atom stereocenters. The summed E-state index contributed by atoms with van der Waals surface area (Å²) in [5, 5.41) is 0. The minimum Gasteiger partial charge on any atom is -0.488 e. The van der Waals surface area contributed by atoms with Gasteiger partial charge in [-0.1, -0.05) is 25.4 Å². The number of nitrogens with zero attached hydrogens (tertiary/aromatic N) is 1. The Labute approximate surface area is 145 Å². The van der Waals surface area contributed by atoms with Crippen molar-refractivity contribution in [2.75, 3.05) is 19.8 Å².